The van der Waals surface area contributed by atoms with E-state index in [-0.39, 0.29) is 5.84 Å². The Morgan fingerprint density at radius 2 is 2.27 bits per heavy atom. The standard InChI is InChI=1S/C6H10N2O3/c9-4-7-5(8-11)6(10)2-1-3-6/h4,10-11H,1-3H2,(H,7,8,9). The van der Waals surface area contributed by atoms with E-state index in [1.807, 2.05) is 0 Å². The molecule has 0 saturated heterocycles. The molecule has 0 atom stereocenters. The van der Waals surface area contributed by atoms with E-state index in [2.05, 4.69) is 10.5 Å². The summed E-state index contributed by atoms with van der Waals surface area (Å²) in [7, 11) is 0. The van der Waals surface area contributed by atoms with Gasteiger partial charge in [0, 0.05) is 0 Å². The van der Waals surface area contributed by atoms with Gasteiger partial charge >= 0.3 is 0 Å². The molecule has 0 spiro atoms. The quantitative estimate of drug-likeness (QED) is 0.165. The first-order chi connectivity index (χ1) is 5.23. The molecule has 0 aromatic carbocycles. The van der Waals surface area contributed by atoms with E-state index in [9.17, 15) is 9.90 Å². The third kappa shape index (κ3) is 1.32. The van der Waals surface area contributed by atoms with Crippen LogP contribution in [-0.4, -0.2) is 28.2 Å². The number of hydrogen-bond donors (Lipinski definition) is 3. The summed E-state index contributed by atoms with van der Waals surface area (Å²) in [5.74, 6) is -0.0567. The number of amidine groups is 1. The van der Waals surface area contributed by atoms with Crippen LogP contribution in [0.5, 0.6) is 0 Å². The van der Waals surface area contributed by atoms with Crippen LogP contribution in [0.25, 0.3) is 0 Å². The molecule has 1 aliphatic rings. The first-order valence-electron chi connectivity index (χ1n) is 3.38. The molecular weight excluding hydrogens is 148 g/mol. The zero-order valence-corrected chi connectivity index (χ0v) is 5.95. The van der Waals surface area contributed by atoms with Crippen LogP contribution in [0.15, 0.2) is 5.16 Å². The van der Waals surface area contributed by atoms with Crippen molar-refractivity contribution in [3.63, 3.8) is 0 Å². The van der Waals surface area contributed by atoms with Crippen molar-refractivity contribution in [2.75, 3.05) is 0 Å². The fraction of sp³-hybridized carbons (Fsp3) is 0.667. The van der Waals surface area contributed by atoms with Crippen molar-refractivity contribution in [3.8, 4) is 0 Å². The van der Waals surface area contributed by atoms with Gasteiger partial charge < -0.3 is 15.6 Å². The fourth-order valence-electron chi connectivity index (χ4n) is 1.06. The second-order valence-electron chi connectivity index (χ2n) is 2.60. The predicted octanol–water partition coefficient (Wildman–Crippen LogP) is -0.565. The molecule has 5 heteroatoms. The summed E-state index contributed by atoms with van der Waals surface area (Å²) < 4.78 is 0. The minimum atomic E-state index is -1.10. The van der Waals surface area contributed by atoms with Gasteiger partial charge in [-0.1, -0.05) is 5.16 Å². The fourth-order valence-corrected chi connectivity index (χ4v) is 1.06. The van der Waals surface area contributed by atoms with Gasteiger partial charge in [0.05, 0.1) is 0 Å². The van der Waals surface area contributed by atoms with E-state index in [1.54, 1.807) is 0 Å². The first-order valence-corrected chi connectivity index (χ1v) is 3.38. The lowest BCUT2D eigenvalue weighted by molar-refractivity contribution is -0.108. The number of nitrogens with zero attached hydrogens (tertiary/aromatic N) is 1. The summed E-state index contributed by atoms with van der Waals surface area (Å²) in [6.07, 6.45) is 2.34. The third-order valence-corrected chi connectivity index (χ3v) is 1.92. The Bertz CT molecular complexity index is 186. The van der Waals surface area contributed by atoms with Crippen LogP contribution in [0, 0.1) is 0 Å². The second kappa shape index (κ2) is 2.87. The number of carbonyl (C=O) groups is 1. The lowest BCUT2D eigenvalue weighted by Gasteiger charge is -2.35. The first kappa shape index (κ1) is 8.00. The summed E-state index contributed by atoms with van der Waals surface area (Å²) in [4.78, 5) is 9.95. The molecule has 11 heavy (non-hydrogen) atoms. The molecule has 5 nitrogen and oxygen atoms in total. The van der Waals surface area contributed by atoms with E-state index in [4.69, 9.17) is 5.21 Å². The highest BCUT2D eigenvalue weighted by Crippen LogP contribution is 2.31. The van der Waals surface area contributed by atoms with E-state index >= 15 is 0 Å². The number of hydrogen-bond acceptors (Lipinski definition) is 4. The zero-order valence-electron chi connectivity index (χ0n) is 5.95. The van der Waals surface area contributed by atoms with Crippen LogP contribution in [0.1, 0.15) is 19.3 Å². The predicted molar refractivity (Wildman–Crippen MR) is 37.2 cm³/mol. The molecule has 1 saturated carbocycles. The number of aliphatic hydroxyl groups is 1. The van der Waals surface area contributed by atoms with E-state index < -0.39 is 5.60 Å². The maximum atomic E-state index is 9.95. The Morgan fingerprint density at radius 3 is 2.55 bits per heavy atom. The third-order valence-electron chi connectivity index (χ3n) is 1.92. The number of oxime groups is 1. The van der Waals surface area contributed by atoms with Crippen molar-refractivity contribution < 1.29 is 15.1 Å². The lowest BCUT2D eigenvalue weighted by Crippen LogP contribution is -2.51. The molecule has 1 aliphatic carbocycles. The number of rotatable bonds is 2. The van der Waals surface area contributed by atoms with Crippen molar-refractivity contribution >= 4 is 12.2 Å². The molecule has 1 rings (SSSR count). The number of nitrogens with one attached hydrogen (secondary N) is 1. The van der Waals surface area contributed by atoms with Crippen molar-refractivity contribution in [2.24, 2.45) is 5.16 Å². The van der Waals surface area contributed by atoms with E-state index in [0.717, 1.165) is 6.42 Å². The van der Waals surface area contributed by atoms with Gasteiger partial charge in [0.25, 0.3) is 0 Å². The molecule has 0 aliphatic heterocycles. The Morgan fingerprint density at radius 1 is 1.64 bits per heavy atom. The molecule has 0 bridgehead atoms. The second-order valence-corrected chi connectivity index (χ2v) is 2.60. The molecule has 3 N–H and O–H groups in total. The van der Waals surface area contributed by atoms with Crippen LogP contribution in [0.4, 0.5) is 0 Å². The molecule has 1 amide bonds. The SMILES string of the molecule is O=CN/C(=N/O)C1(O)CCC1. The summed E-state index contributed by atoms with van der Waals surface area (Å²) in [5.41, 5.74) is -1.10. The topological polar surface area (TPSA) is 81.9 Å². The Kier molecular flexibility index (Phi) is 2.09. The highest BCUT2D eigenvalue weighted by atomic mass is 16.4. The Labute approximate surface area is 63.7 Å². The van der Waals surface area contributed by atoms with Crippen molar-refractivity contribution in [1.29, 1.82) is 0 Å². The molecular formula is C6H10N2O3. The zero-order chi connectivity index (χ0) is 8.32. The Balaban J connectivity index is 2.61. The van der Waals surface area contributed by atoms with Gasteiger partial charge in [0.1, 0.15) is 5.60 Å². The largest absolute Gasteiger partial charge is 0.409 e. The summed E-state index contributed by atoms with van der Waals surface area (Å²) in [6.45, 7) is 0. The summed E-state index contributed by atoms with van der Waals surface area (Å²) >= 11 is 0. The van der Waals surface area contributed by atoms with Crippen molar-refractivity contribution in [3.05, 3.63) is 0 Å². The van der Waals surface area contributed by atoms with Crippen molar-refractivity contribution in [1.82, 2.24) is 5.32 Å². The average molecular weight is 158 g/mol. The maximum absolute atomic E-state index is 9.95. The van der Waals surface area contributed by atoms with Gasteiger partial charge in [0.15, 0.2) is 5.84 Å². The van der Waals surface area contributed by atoms with Gasteiger partial charge in [-0.05, 0) is 19.3 Å². The molecule has 0 radical (unpaired) electrons. The monoisotopic (exact) mass is 158 g/mol. The molecule has 0 aromatic heterocycles. The van der Waals surface area contributed by atoms with E-state index in [0.29, 0.717) is 19.3 Å². The molecule has 0 unspecified atom stereocenters. The minimum absolute atomic E-state index is 0.0567. The van der Waals surface area contributed by atoms with Gasteiger partial charge in [-0.2, -0.15) is 0 Å². The van der Waals surface area contributed by atoms with Gasteiger partial charge in [0.2, 0.25) is 6.41 Å². The normalized spacial score (nSPS) is 22.1. The minimum Gasteiger partial charge on any atom is -0.409 e. The molecule has 62 valence electrons. The number of carbonyl (C=O) groups excluding carboxylic acids is 1. The maximum Gasteiger partial charge on any atom is 0.212 e. The van der Waals surface area contributed by atoms with Crippen LogP contribution in [0.3, 0.4) is 0 Å². The lowest BCUT2D eigenvalue weighted by atomic mass is 9.79. The summed E-state index contributed by atoms with van der Waals surface area (Å²) in [6, 6.07) is 0. The Hall–Kier alpha value is -1.10. The highest BCUT2D eigenvalue weighted by molar-refractivity contribution is 5.97. The van der Waals surface area contributed by atoms with Gasteiger partial charge in [-0.15, -0.1) is 0 Å². The van der Waals surface area contributed by atoms with Crippen LogP contribution < -0.4 is 5.32 Å². The van der Waals surface area contributed by atoms with Gasteiger partial charge in [-0.3, -0.25) is 4.79 Å². The van der Waals surface area contributed by atoms with E-state index in [1.165, 1.54) is 0 Å². The summed E-state index contributed by atoms with van der Waals surface area (Å²) in [5, 5.41) is 22.8. The molecule has 0 aromatic rings. The van der Waals surface area contributed by atoms with Crippen LogP contribution in [-0.2, 0) is 4.79 Å². The van der Waals surface area contributed by atoms with Crippen molar-refractivity contribution in [2.45, 2.75) is 24.9 Å². The number of amides is 1. The average Bonchev–Trinajstić information content (AvgIpc) is 1.96. The molecule has 0 heterocycles. The van der Waals surface area contributed by atoms with Crippen LogP contribution >= 0.6 is 0 Å². The highest BCUT2D eigenvalue weighted by Gasteiger charge is 2.40. The molecule has 1 fully saturated rings. The van der Waals surface area contributed by atoms with Gasteiger partial charge in [-0.25, -0.2) is 0 Å². The smallest absolute Gasteiger partial charge is 0.212 e. The van der Waals surface area contributed by atoms with Crippen LogP contribution in [0.2, 0.25) is 0 Å².